The maximum absolute atomic E-state index is 13.0. The molecule has 166 valence electrons. The van der Waals surface area contributed by atoms with E-state index in [0.717, 1.165) is 28.0 Å². The Labute approximate surface area is 191 Å². The van der Waals surface area contributed by atoms with Gasteiger partial charge in [0.2, 0.25) is 0 Å². The Bertz CT molecular complexity index is 928. The molecule has 31 heavy (non-hydrogen) atoms. The summed E-state index contributed by atoms with van der Waals surface area (Å²) in [7, 11) is 0. The monoisotopic (exact) mass is 438 g/mol. The maximum atomic E-state index is 13.0. The highest BCUT2D eigenvalue weighted by Gasteiger charge is 2.41. The number of carbonyl (C=O) groups is 2. The van der Waals surface area contributed by atoms with Crippen LogP contribution >= 0.6 is 11.8 Å². The number of ether oxygens (including phenoxy) is 1. The molecule has 0 aromatic heterocycles. The van der Waals surface area contributed by atoms with Crippen LogP contribution in [0.25, 0.3) is 0 Å². The van der Waals surface area contributed by atoms with E-state index < -0.39 is 11.9 Å². The second-order valence-corrected chi connectivity index (χ2v) is 11.0. The number of hydrogen-bond donors (Lipinski definition) is 0. The summed E-state index contributed by atoms with van der Waals surface area (Å²) in [5.74, 6) is -0.318. The second kappa shape index (κ2) is 9.20. The van der Waals surface area contributed by atoms with Crippen LogP contribution in [0.3, 0.4) is 0 Å². The van der Waals surface area contributed by atoms with Gasteiger partial charge in [0.05, 0.1) is 0 Å². The molecule has 3 nitrogen and oxygen atoms in total. The Morgan fingerprint density at radius 3 is 2.13 bits per heavy atom. The molecule has 0 aliphatic carbocycles. The van der Waals surface area contributed by atoms with Crippen molar-refractivity contribution in [2.24, 2.45) is 5.92 Å². The molecule has 1 heterocycles. The first-order valence-electron chi connectivity index (χ1n) is 11.0. The molecule has 0 bridgehead atoms. The highest BCUT2D eigenvalue weighted by Crippen LogP contribution is 2.35. The molecule has 0 saturated carbocycles. The minimum Gasteiger partial charge on any atom is -0.461 e. The lowest BCUT2D eigenvalue weighted by molar-refractivity contribution is -0.162. The summed E-state index contributed by atoms with van der Waals surface area (Å²) in [6.07, 6.45) is -0.0722. The highest BCUT2D eigenvalue weighted by atomic mass is 32.2. The van der Waals surface area contributed by atoms with E-state index in [0.29, 0.717) is 0 Å². The molecule has 1 saturated heterocycles. The van der Waals surface area contributed by atoms with Crippen molar-refractivity contribution >= 4 is 23.5 Å². The number of benzene rings is 2. The van der Waals surface area contributed by atoms with Crippen LogP contribution in [0.15, 0.2) is 41.3 Å². The van der Waals surface area contributed by atoms with Crippen LogP contribution in [0.4, 0.5) is 0 Å². The summed E-state index contributed by atoms with van der Waals surface area (Å²) in [6.45, 7) is 14.6. The fraction of sp³-hybridized carbons (Fsp3) is 0.481. The number of aryl methyl sites for hydroxylation is 3. The predicted molar refractivity (Wildman–Crippen MR) is 128 cm³/mol. The number of hydrogen-bond acceptors (Lipinski definition) is 4. The minimum absolute atomic E-state index is 0.0253. The molecule has 0 amide bonds. The van der Waals surface area contributed by atoms with E-state index >= 15 is 0 Å². The van der Waals surface area contributed by atoms with Crippen molar-refractivity contribution in [3.63, 3.8) is 0 Å². The zero-order valence-electron chi connectivity index (χ0n) is 19.7. The highest BCUT2D eigenvalue weighted by molar-refractivity contribution is 7.99. The van der Waals surface area contributed by atoms with E-state index in [9.17, 15) is 9.59 Å². The molecule has 3 atom stereocenters. The zero-order chi connectivity index (χ0) is 22.9. The minimum atomic E-state index is -0.790. The van der Waals surface area contributed by atoms with Crippen LogP contribution in [0.2, 0.25) is 0 Å². The first-order chi connectivity index (χ1) is 14.5. The van der Waals surface area contributed by atoms with Crippen molar-refractivity contribution in [2.75, 3.05) is 5.75 Å². The predicted octanol–water partition coefficient (Wildman–Crippen LogP) is 6.31. The largest absolute Gasteiger partial charge is 0.461 e. The lowest BCUT2D eigenvalue weighted by atomic mass is 9.82. The van der Waals surface area contributed by atoms with Crippen LogP contribution in [0.1, 0.15) is 67.9 Å². The van der Waals surface area contributed by atoms with Gasteiger partial charge in [0.1, 0.15) is 12.0 Å². The second-order valence-electron chi connectivity index (χ2n) is 9.95. The van der Waals surface area contributed by atoms with Crippen molar-refractivity contribution < 1.29 is 14.3 Å². The van der Waals surface area contributed by atoms with Gasteiger partial charge in [0, 0.05) is 23.0 Å². The van der Waals surface area contributed by atoms with E-state index in [2.05, 4.69) is 52.0 Å². The third kappa shape index (κ3) is 5.41. The van der Waals surface area contributed by atoms with Gasteiger partial charge in [-0.2, -0.15) is 0 Å². The average molecular weight is 439 g/mol. The molecule has 1 aliphatic rings. The maximum Gasteiger partial charge on any atom is 0.321 e. The van der Waals surface area contributed by atoms with Crippen molar-refractivity contribution in [1.29, 1.82) is 0 Å². The van der Waals surface area contributed by atoms with E-state index in [4.69, 9.17) is 4.74 Å². The van der Waals surface area contributed by atoms with Crippen molar-refractivity contribution in [3.05, 3.63) is 64.2 Å². The molecule has 4 heteroatoms. The molecule has 1 fully saturated rings. The molecule has 0 N–H and O–H groups in total. The lowest BCUT2D eigenvalue weighted by Gasteiger charge is -2.32. The van der Waals surface area contributed by atoms with Gasteiger partial charge in [-0.05, 0) is 60.6 Å². The third-order valence-electron chi connectivity index (χ3n) is 6.12. The molecule has 2 aromatic rings. The quantitative estimate of drug-likeness (QED) is 0.312. The SMILES string of the molecule is Cc1cc(C)c(C2C(=O)CC(C(C)CSc3ccc(C(C)(C)C)cc3)OC2=O)c(C)c1. The molecule has 1 aliphatic heterocycles. The Hall–Kier alpha value is -2.07. The average Bonchev–Trinajstić information content (AvgIpc) is 2.67. The summed E-state index contributed by atoms with van der Waals surface area (Å²) in [5, 5.41) is 0. The molecule has 3 unspecified atom stereocenters. The standard InChI is InChI=1S/C27H34O3S/c1-16-12-17(2)24(18(3)13-16)25-22(28)14-23(30-26(25)29)19(4)15-31-21-10-8-20(9-11-21)27(5,6)7/h8-13,19,23,25H,14-15H2,1-7H3. The fourth-order valence-electron chi connectivity index (χ4n) is 4.34. The van der Waals surface area contributed by atoms with Crippen LogP contribution in [-0.4, -0.2) is 23.6 Å². The van der Waals surface area contributed by atoms with Crippen LogP contribution in [-0.2, 0) is 19.7 Å². The topological polar surface area (TPSA) is 43.4 Å². The number of thioether (sulfide) groups is 1. The molecular formula is C27H34O3S. The van der Waals surface area contributed by atoms with Crippen LogP contribution in [0, 0.1) is 26.7 Å². The number of ketones is 1. The zero-order valence-corrected chi connectivity index (χ0v) is 20.6. The van der Waals surface area contributed by atoms with Gasteiger partial charge in [-0.1, -0.05) is 57.5 Å². The van der Waals surface area contributed by atoms with Gasteiger partial charge in [-0.15, -0.1) is 11.8 Å². The summed E-state index contributed by atoms with van der Waals surface area (Å²) in [4.78, 5) is 27.1. The molecule has 2 aromatic carbocycles. The number of rotatable bonds is 5. The first kappa shape index (κ1) is 23.6. The summed E-state index contributed by atoms with van der Waals surface area (Å²) >= 11 is 1.75. The lowest BCUT2D eigenvalue weighted by Crippen LogP contribution is -2.41. The summed E-state index contributed by atoms with van der Waals surface area (Å²) in [6, 6.07) is 12.7. The molecular weight excluding hydrogens is 404 g/mol. The first-order valence-corrected chi connectivity index (χ1v) is 12.0. The number of esters is 1. The molecule has 3 rings (SSSR count). The van der Waals surface area contributed by atoms with Crippen LogP contribution < -0.4 is 0 Å². The van der Waals surface area contributed by atoms with Gasteiger partial charge in [-0.25, -0.2) is 0 Å². The van der Waals surface area contributed by atoms with E-state index in [1.807, 2.05) is 32.9 Å². The molecule has 0 radical (unpaired) electrons. The van der Waals surface area contributed by atoms with Gasteiger partial charge in [0.25, 0.3) is 0 Å². The normalized spacial score (nSPS) is 20.5. The Balaban J connectivity index is 1.64. The number of carbonyl (C=O) groups excluding carboxylic acids is 2. The van der Waals surface area contributed by atoms with Crippen molar-refractivity contribution in [3.8, 4) is 0 Å². The van der Waals surface area contributed by atoms with E-state index in [1.165, 1.54) is 10.5 Å². The van der Waals surface area contributed by atoms with E-state index in [1.54, 1.807) is 11.8 Å². The Morgan fingerprint density at radius 2 is 1.61 bits per heavy atom. The molecule has 0 spiro atoms. The van der Waals surface area contributed by atoms with Gasteiger partial charge < -0.3 is 4.74 Å². The smallest absolute Gasteiger partial charge is 0.321 e. The van der Waals surface area contributed by atoms with Gasteiger partial charge in [-0.3, -0.25) is 9.59 Å². The van der Waals surface area contributed by atoms with Crippen LogP contribution in [0.5, 0.6) is 0 Å². The third-order valence-corrected chi connectivity index (χ3v) is 7.42. The number of Topliss-reactive ketones (excluding diaryl/α,β-unsaturated/α-hetero) is 1. The van der Waals surface area contributed by atoms with Gasteiger partial charge in [0.15, 0.2) is 5.78 Å². The Kier molecular flexibility index (Phi) is 7.00. The fourth-order valence-corrected chi connectivity index (χ4v) is 5.33. The Morgan fingerprint density at radius 1 is 1.03 bits per heavy atom. The van der Waals surface area contributed by atoms with E-state index in [-0.39, 0.29) is 29.6 Å². The summed E-state index contributed by atoms with van der Waals surface area (Å²) in [5.41, 5.74) is 5.36. The van der Waals surface area contributed by atoms with Crippen molar-refractivity contribution in [1.82, 2.24) is 0 Å². The van der Waals surface area contributed by atoms with Crippen molar-refractivity contribution in [2.45, 2.75) is 77.2 Å². The summed E-state index contributed by atoms with van der Waals surface area (Å²) < 4.78 is 5.80. The number of cyclic esters (lactones) is 1. The van der Waals surface area contributed by atoms with Gasteiger partial charge >= 0.3 is 5.97 Å².